The smallest absolute Gasteiger partial charge is 0.171 e. The minimum absolute atomic E-state index is 0.0366. The number of aromatic nitrogens is 1. The number of Topliss-reactive ketones (excluding diaryl/α,β-unsaturated/α-hetero) is 1. The molecule has 0 amide bonds. The third-order valence-corrected chi connectivity index (χ3v) is 5.97. The number of benzene rings is 3. The molecule has 0 N–H and O–H groups in total. The van der Waals surface area contributed by atoms with E-state index in [1.807, 2.05) is 61.7 Å². The molecule has 0 fully saturated rings. The average Bonchev–Trinajstić information content (AvgIpc) is 3.16. The van der Waals surface area contributed by atoms with E-state index in [1.165, 1.54) is 23.5 Å². The fourth-order valence-corrected chi connectivity index (χ4v) is 4.08. The first-order chi connectivity index (χ1) is 14.5. The molecule has 5 heteroatoms. The van der Waals surface area contributed by atoms with Gasteiger partial charge in [-0.2, -0.15) is 0 Å². The highest BCUT2D eigenvalue weighted by Gasteiger charge is 2.12. The third kappa shape index (κ3) is 4.42. The SMILES string of the molecule is CC(=O)c1sc(-c2cccc(N=Cc3ccc(-c4ccc(F)cc4)cc3)c2)nc1C. The number of hydrogen-bond acceptors (Lipinski definition) is 4. The summed E-state index contributed by atoms with van der Waals surface area (Å²) in [5.41, 5.74) is 5.47. The van der Waals surface area contributed by atoms with Crippen molar-refractivity contribution in [2.45, 2.75) is 13.8 Å². The van der Waals surface area contributed by atoms with Gasteiger partial charge in [-0.1, -0.05) is 48.5 Å². The normalized spacial score (nSPS) is 11.2. The lowest BCUT2D eigenvalue weighted by molar-refractivity contribution is 0.102. The Balaban J connectivity index is 1.53. The van der Waals surface area contributed by atoms with Crippen molar-refractivity contribution in [3.8, 4) is 21.7 Å². The lowest BCUT2D eigenvalue weighted by Crippen LogP contribution is -1.89. The van der Waals surface area contributed by atoms with Crippen molar-refractivity contribution in [1.82, 2.24) is 4.98 Å². The predicted molar refractivity (Wildman–Crippen MR) is 121 cm³/mol. The van der Waals surface area contributed by atoms with Crippen LogP contribution >= 0.6 is 11.3 Å². The first kappa shape index (κ1) is 19.9. The van der Waals surface area contributed by atoms with E-state index < -0.39 is 0 Å². The zero-order valence-corrected chi connectivity index (χ0v) is 17.4. The maximum Gasteiger partial charge on any atom is 0.171 e. The topological polar surface area (TPSA) is 42.3 Å². The molecule has 0 spiro atoms. The summed E-state index contributed by atoms with van der Waals surface area (Å²) in [5.74, 6) is -0.204. The van der Waals surface area contributed by atoms with E-state index in [4.69, 9.17) is 0 Å². The second-order valence-electron chi connectivity index (χ2n) is 6.93. The molecule has 0 aliphatic heterocycles. The summed E-state index contributed by atoms with van der Waals surface area (Å²) in [7, 11) is 0. The van der Waals surface area contributed by atoms with Crippen LogP contribution in [0.3, 0.4) is 0 Å². The highest BCUT2D eigenvalue weighted by molar-refractivity contribution is 7.17. The van der Waals surface area contributed by atoms with Gasteiger partial charge in [0.1, 0.15) is 10.8 Å². The van der Waals surface area contributed by atoms with Gasteiger partial charge in [-0.15, -0.1) is 11.3 Å². The molecule has 4 aromatic rings. The van der Waals surface area contributed by atoms with Crippen molar-refractivity contribution < 1.29 is 9.18 Å². The molecule has 0 saturated heterocycles. The van der Waals surface area contributed by atoms with Crippen LogP contribution in [0, 0.1) is 12.7 Å². The van der Waals surface area contributed by atoms with Gasteiger partial charge < -0.3 is 0 Å². The maximum atomic E-state index is 13.1. The lowest BCUT2D eigenvalue weighted by atomic mass is 10.0. The van der Waals surface area contributed by atoms with Crippen LogP contribution in [0.15, 0.2) is 77.8 Å². The number of carbonyl (C=O) groups excluding carboxylic acids is 1. The van der Waals surface area contributed by atoms with Gasteiger partial charge in [0.2, 0.25) is 0 Å². The minimum atomic E-state index is -0.241. The Kier molecular flexibility index (Phi) is 5.63. The molecule has 0 aliphatic carbocycles. The van der Waals surface area contributed by atoms with Gasteiger partial charge in [0, 0.05) is 18.7 Å². The monoisotopic (exact) mass is 414 g/mol. The Morgan fingerprint density at radius 2 is 1.63 bits per heavy atom. The van der Waals surface area contributed by atoms with E-state index in [1.54, 1.807) is 19.1 Å². The zero-order valence-electron chi connectivity index (χ0n) is 16.6. The largest absolute Gasteiger partial charge is 0.294 e. The minimum Gasteiger partial charge on any atom is -0.294 e. The second-order valence-corrected chi connectivity index (χ2v) is 7.93. The van der Waals surface area contributed by atoms with E-state index in [-0.39, 0.29) is 11.6 Å². The number of aryl methyl sites for hydroxylation is 1. The zero-order chi connectivity index (χ0) is 21.1. The van der Waals surface area contributed by atoms with Crippen LogP contribution in [0.4, 0.5) is 10.1 Å². The average molecular weight is 415 g/mol. The van der Waals surface area contributed by atoms with Crippen molar-refractivity contribution in [1.29, 1.82) is 0 Å². The first-order valence-electron chi connectivity index (χ1n) is 9.48. The van der Waals surface area contributed by atoms with E-state index in [2.05, 4.69) is 9.98 Å². The molecule has 0 saturated carbocycles. The second kappa shape index (κ2) is 8.51. The summed E-state index contributed by atoms with van der Waals surface area (Å²) in [6.07, 6.45) is 1.81. The van der Waals surface area contributed by atoms with E-state index in [9.17, 15) is 9.18 Å². The van der Waals surface area contributed by atoms with Gasteiger partial charge in [0.05, 0.1) is 16.3 Å². The van der Waals surface area contributed by atoms with Gasteiger partial charge >= 0.3 is 0 Å². The molecule has 3 nitrogen and oxygen atoms in total. The first-order valence-corrected chi connectivity index (χ1v) is 10.3. The molecule has 0 bridgehead atoms. The Bertz CT molecular complexity index is 1230. The fourth-order valence-electron chi connectivity index (χ4n) is 3.12. The number of hydrogen-bond donors (Lipinski definition) is 0. The summed E-state index contributed by atoms with van der Waals surface area (Å²) in [6.45, 7) is 3.42. The lowest BCUT2D eigenvalue weighted by Gasteiger charge is -2.02. The van der Waals surface area contributed by atoms with Gasteiger partial charge in [-0.25, -0.2) is 9.37 Å². The van der Waals surface area contributed by atoms with Crippen LogP contribution in [0.2, 0.25) is 0 Å². The van der Waals surface area contributed by atoms with Crippen molar-refractivity contribution in [3.63, 3.8) is 0 Å². The van der Waals surface area contributed by atoms with Crippen LogP contribution in [-0.4, -0.2) is 17.0 Å². The number of rotatable bonds is 5. The number of thiazole rings is 1. The summed E-state index contributed by atoms with van der Waals surface area (Å²) in [6, 6.07) is 22.2. The summed E-state index contributed by atoms with van der Waals surface area (Å²) < 4.78 is 13.1. The molecule has 1 aromatic heterocycles. The molecule has 1 heterocycles. The van der Waals surface area contributed by atoms with Crippen molar-refractivity contribution in [3.05, 3.63) is 94.7 Å². The van der Waals surface area contributed by atoms with Crippen LogP contribution in [-0.2, 0) is 0 Å². The molecular weight excluding hydrogens is 395 g/mol. The quantitative estimate of drug-likeness (QED) is 0.264. The Hall–Kier alpha value is -3.44. The molecule has 148 valence electrons. The fraction of sp³-hybridized carbons (Fsp3) is 0.0800. The molecule has 0 aliphatic rings. The van der Waals surface area contributed by atoms with Crippen molar-refractivity contribution >= 4 is 29.0 Å². The van der Waals surface area contributed by atoms with Gasteiger partial charge in [-0.3, -0.25) is 9.79 Å². The standard InChI is InChI=1S/C25H19FN2OS/c1-16-24(17(2)29)30-25(28-16)21-4-3-5-23(14-21)27-15-18-6-8-19(9-7-18)20-10-12-22(26)13-11-20/h3-15H,1-2H3. The third-order valence-electron chi connectivity index (χ3n) is 4.66. The van der Waals surface area contributed by atoms with Gasteiger partial charge in [0.25, 0.3) is 0 Å². The Morgan fingerprint density at radius 3 is 2.27 bits per heavy atom. The molecular formula is C25H19FN2OS. The highest BCUT2D eigenvalue weighted by Crippen LogP contribution is 2.30. The number of carbonyl (C=O) groups is 1. The molecule has 4 rings (SSSR count). The van der Waals surface area contributed by atoms with Crippen LogP contribution < -0.4 is 0 Å². The Labute approximate surface area is 178 Å². The van der Waals surface area contributed by atoms with Crippen LogP contribution in [0.5, 0.6) is 0 Å². The number of halogens is 1. The van der Waals surface area contributed by atoms with Crippen LogP contribution in [0.1, 0.15) is 27.9 Å². The molecule has 3 aromatic carbocycles. The molecule has 0 radical (unpaired) electrons. The number of nitrogens with zero attached hydrogens (tertiary/aromatic N) is 2. The van der Waals surface area contributed by atoms with Crippen molar-refractivity contribution in [2.24, 2.45) is 4.99 Å². The molecule has 30 heavy (non-hydrogen) atoms. The van der Waals surface area contributed by atoms with Crippen molar-refractivity contribution in [2.75, 3.05) is 0 Å². The van der Waals surface area contributed by atoms with E-state index in [0.29, 0.717) is 4.88 Å². The molecule has 0 unspecified atom stereocenters. The number of aliphatic imine (C=N–C) groups is 1. The maximum absolute atomic E-state index is 13.1. The van der Waals surface area contributed by atoms with Gasteiger partial charge in [0.15, 0.2) is 5.78 Å². The van der Waals surface area contributed by atoms with Crippen LogP contribution in [0.25, 0.3) is 21.7 Å². The number of ketones is 1. The predicted octanol–water partition coefficient (Wildman–Crippen LogP) is 6.88. The summed E-state index contributed by atoms with van der Waals surface area (Å²) in [5, 5.41) is 0.818. The Morgan fingerprint density at radius 1 is 0.967 bits per heavy atom. The van der Waals surface area contributed by atoms with Gasteiger partial charge in [-0.05, 0) is 47.9 Å². The van der Waals surface area contributed by atoms with E-state index in [0.717, 1.165) is 38.6 Å². The summed E-state index contributed by atoms with van der Waals surface area (Å²) >= 11 is 1.41. The van der Waals surface area contributed by atoms with E-state index >= 15 is 0 Å². The summed E-state index contributed by atoms with van der Waals surface area (Å²) in [4.78, 5) is 21.5. The molecule has 0 atom stereocenters. The highest BCUT2D eigenvalue weighted by atomic mass is 32.1.